The van der Waals surface area contributed by atoms with Crippen LogP contribution >= 0.6 is 23.5 Å². The van der Waals surface area contributed by atoms with E-state index in [1.807, 2.05) is 0 Å². The smallest absolute Gasteiger partial charge is 0.307 e. The monoisotopic (exact) mass is 307 g/mol. The number of hydrogen-bond acceptors (Lipinski definition) is 5. The zero-order valence-corrected chi connectivity index (χ0v) is 12.3. The summed E-state index contributed by atoms with van der Waals surface area (Å²) in [5.74, 6) is 1.70. The molecule has 0 bridgehead atoms. The van der Waals surface area contributed by atoms with Crippen molar-refractivity contribution in [3.05, 3.63) is 45.1 Å². The Morgan fingerprint density at radius 2 is 2.20 bits per heavy atom. The summed E-state index contributed by atoms with van der Waals surface area (Å²) in [6.07, 6.45) is 0. The number of para-hydroxylation sites is 1. The molecule has 0 radical (unpaired) electrons. The highest BCUT2D eigenvalue weighted by atomic mass is 32.2. The Kier molecular flexibility index (Phi) is 3.98. The summed E-state index contributed by atoms with van der Waals surface area (Å²) < 4.78 is 2.31. The summed E-state index contributed by atoms with van der Waals surface area (Å²) in [6.45, 7) is 1.26. The molecule has 1 aromatic heterocycles. The molecule has 104 valence electrons. The van der Waals surface area contributed by atoms with Crippen molar-refractivity contribution in [1.82, 2.24) is 9.55 Å². The lowest BCUT2D eigenvalue weighted by Crippen LogP contribution is -2.35. The number of aliphatic imine (C=N–C) groups is 1. The summed E-state index contributed by atoms with van der Waals surface area (Å²) >= 11 is 3.33. The number of aromatic nitrogens is 2. The van der Waals surface area contributed by atoms with Crippen molar-refractivity contribution in [2.45, 2.75) is 6.54 Å². The SMILES string of the molecule is O=c1[nH]c2ccccc2c(=O)n1CCSC1=NCCS1. The fraction of sp³-hybridized carbons (Fsp3) is 0.308. The van der Waals surface area contributed by atoms with Gasteiger partial charge in [-0.05, 0) is 12.1 Å². The van der Waals surface area contributed by atoms with Crippen molar-refractivity contribution in [3.63, 3.8) is 0 Å². The Bertz CT molecular complexity index is 779. The first kappa shape index (κ1) is 13.5. The van der Waals surface area contributed by atoms with Gasteiger partial charge >= 0.3 is 5.69 Å². The minimum absolute atomic E-state index is 0.231. The molecule has 1 aliphatic heterocycles. The van der Waals surface area contributed by atoms with Crippen LogP contribution in [-0.2, 0) is 6.54 Å². The number of nitrogens with zero attached hydrogens (tertiary/aromatic N) is 2. The molecule has 0 saturated carbocycles. The van der Waals surface area contributed by atoms with Gasteiger partial charge in [0.1, 0.15) is 4.38 Å². The van der Waals surface area contributed by atoms with Gasteiger partial charge in [-0.3, -0.25) is 14.4 Å². The Labute approximate surface area is 123 Å². The van der Waals surface area contributed by atoms with Crippen molar-refractivity contribution >= 4 is 38.8 Å². The number of aromatic amines is 1. The van der Waals surface area contributed by atoms with Gasteiger partial charge < -0.3 is 4.98 Å². The molecule has 1 aliphatic rings. The molecular formula is C13H13N3O2S2. The van der Waals surface area contributed by atoms with E-state index in [1.165, 1.54) is 4.57 Å². The zero-order valence-electron chi connectivity index (χ0n) is 10.7. The summed E-state index contributed by atoms with van der Waals surface area (Å²) in [7, 11) is 0. The highest BCUT2D eigenvalue weighted by Crippen LogP contribution is 2.21. The Morgan fingerprint density at radius 1 is 1.35 bits per heavy atom. The number of benzene rings is 1. The summed E-state index contributed by atoms with van der Waals surface area (Å²) in [5.41, 5.74) is 0.00315. The van der Waals surface area contributed by atoms with Crippen molar-refractivity contribution in [2.24, 2.45) is 4.99 Å². The Morgan fingerprint density at radius 3 is 3.00 bits per heavy atom. The highest BCUT2D eigenvalue weighted by molar-refractivity contribution is 8.39. The second kappa shape index (κ2) is 5.88. The molecule has 1 aromatic carbocycles. The van der Waals surface area contributed by atoms with Crippen LogP contribution in [0.25, 0.3) is 10.9 Å². The van der Waals surface area contributed by atoms with E-state index < -0.39 is 0 Å². The van der Waals surface area contributed by atoms with E-state index >= 15 is 0 Å². The topological polar surface area (TPSA) is 67.2 Å². The normalized spacial score (nSPS) is 14.7. The zero-order chi connectivity index (χ0) is 13.9. The van der Waals surface area contributed by atoms with Crippen LogP contribution in [-0.4, -0.2) is 32.0 Å². The molecule has 7 heteroatoms. The van der Waals surface area contributed by atoms with Crippen LogP contribution in [0.2, 0.25) is 0 Å². The minimum Gasteiger partial charge on any atom is -0.307 e. The van der Waals surface area contributed by atoms with E-state index in [0.717, 1.165) is 16.7 Å². The molecule has 0 atom stereocenters. The van der Waals surface area contributed by atoms with Gasteiger partial charge in [0, 0.05) is 18.1 Å². The number of H-pyrrole nitrogens is 1. The molecule has 5 nitrogen and oxygen atoms in total. The van der Waals surface area contributed by atoms with Crippen molar-refractivity contribution in [3.8, 4) is 0 Å². The van der Waals surface area contributed by atoms with E-state index in [-0.39, 0.29) is 11.2 Å². The van der Waals surface area contributed by atoms with Gasteiger partial charge in [0.2, 0.25) is 0 Å². The van der Waals surface area contributed by atoms with E-state index in [9.17, 15) is 9.59 Å². The fourth-order valence-electron chi connectivity index (χ4n) is 2.03. The first-order chi connectivity index (χ1) is 9.75. The second-order valence-corrected chi connectivity index (χ2v) is 6.70. The fourth-order valence-corrected chi connectivity index (χ4v) is 4.03. The summed E-state index contributed by atoms with van der Waals surface area (Å²) in [6, 6.07) is 7.06. The molecule has 0 fully saturated rings. The molecular weight excluding hydrogens is 294 g/mol. The Balaban J connectivity index is 1.84. The number of rotatable bonds is 3. The van der Waals surface area contributed by atoms with Crippen LogP contribution in [0, 0.1) is 0 Å². The van der Waals surface area contributed by atoms with Crippen molar-refractivity contribution < 1.29 is 0 Å². The quantitative estimate of drug-likeness (QED) is 0.934. The van der Waals surface area contributed by atoms with Gasteiger partial charge in [0.05, 0.1) is 17.4 Å². The lowest BCUT2D eigenvalue weighted by Gasteiger charge is -2.06. The lowest BCUT2D eigenvalue weighted by atomic mass is 10.2. The van der Waals surface area contributed by atoms with Crippen molar-refractivity contribution in [1.29, 1.82) is 0 Å². The molecule has 3 rings (SSSR count). The molecule has 0 unspecified atom stereocenters. The molecule has 0 spiro atoms. The molecule has 20 heavy (non-hydrogen) atoms. The molecule has 0 saturated heterocycles. The minimum atomic E-state index is -0.352. The molecule has 2 aromatic rings. The Hall–Kier alpha value is -1.47. The van der Waals surface area contributed by atoms with Gasteiger partial charge in [-0.1, -0.05) is 35.7 Å². The van der Waals surface area contributed by atoms with E-state index in [1.54, 1.807) is 47.8 Å². The molecule has 2 heterocycles. The number of hydrogen-bond donors (Lipinski definition) is 1. The predicted octanol–water partition coefficient (Wildman–Crippen LogP) is 1.53. The van der Waals surface area contributed by atoms with E-state index in [2.05, 4.69) is 9.98 Å². The van der Waals surface area contributed by atoms with Gasteiger partial charge in [-0.2, -0.15) is 0 Å². The number of nitrogens with one attached hydrogen (secondary N) is 1. The maximum Gasteiger partial charge on any atom is 0.328 e. The van der Waals surface area contributed by atoms with Crippen molar-refractivity contribution in [2.75, 3.05) is 18.1 Å². The lowest BCUT2D eigenvalue weighted by molar-refractivity contribution is 0.691. The molecule has 0 amide bonds. The van der Waals surface area contributed by atoms with Gasteiger partial charge in [-0.25, -0.2) is 4.79 Å². The van der Waals surface area contributed by atoms with Crippen LogP contribution < -0.4 is 11.2 Å². The number of thioether (sulfide) groups is 2. The summed E-state index contributed by atoms with van der Waals surface area (Å²) in [5, 5.41) is 0.546. The molecule has 1 N–H and O–H groups in total. The maximum atomic E-state index is 12.3. The molecule has 0 aliphatic carbocycles. The van der Waals surface area contributed by atoms with E-state index in [4.69, 9.17) is 0 Å². The average molecular weight is 307 g/mol. The van der Waals surface area contributed by atoms with Crippen LogP contribution in [0.1, 0.15) is 0 Å². The third-order valence-electron chi connectivity index (χ3n) is 2.99. The largest absolute Gasteiger partial charge is 0.328 e. The maximum absolute atomic E-state index is 12.3. The highest BCUT2D eigenvalue weighted by Gasteiger charge is 2.10. The predicted molar refractivity (Wildman–Crippen MR) is 86.0 cm³/mol. The third-order valence-corrected chi connectivity index (χ3v) is 5.22. The second-order valence-electron chi connectivity index (χ2n) is 4.28. The first-order valence-corrected chi connectivity index (χ1v) is 8.25. The first-order valence-electron chi connectivity index (χ1n) is 6.27. The average Bonchev–Trinajstić information content (AvgIpc) is 2.96. The van der Waals surface area contributed by atoms with Crippen LogP contribution in [0.3, 0.4) is 0 Å². The third kappa shape index (κ3) is 2.69. The van der Waals surface area contributed by atoms with Gasteiger partial charge in [0.15, 0.2) is 0 Å². The summed E-state index contributed by atoms with van der Waals surface area (Å²) in [4.78, 5) is 31.3. The van der Waals surface area contributed by atoms with Gasteiger partial charge in [0.25, 0.3) is 5.56 Å². The van der Waals surface area contributed by atoms with Crippen LogP contribution in [0.5, 0.6) is 0 Å². The van der Waals surface area contributed by atoms with Gasteiger partial charge in [-0.15, -0.1) is 0 Å². The number of fused-ring (bicyclic) bond motifs is 1. The van der Waals surface area contributed by atoms with Crippen LogP contribution in [0.4, 0.5) is 0 Å². The van der Waals surface area contributed by atoms with Crippen LogP contribution in [0.15, 0.2) is 38.8 Å². The van der Waals surface area contributed by atoms with E-state index in [0.29, 0.717) is 23.2 Å². The standard InChI is InChI=1S/C13H13N3O2S2/c17-11-9-3-1-2-4-10(9)15-12(18)16(11)6-8-20-13-14-5-7-19-13/h1-4H,5-8H2,(H,15,18).